The summed E-state index contributed by atoms with van der Waals surface area (Å²) in [6.45, 7) is 3.38. The van der Waals surface area contributed by atoms with Gasteiger partial charge in [0.25, 0.3) is 0 Å². The molecule has 108 valence electrons. The second kappa shape index (κ2) is 7.13. The molecule has 0 saturated carbocycles. The third-order valence-corrected chi connectivity index (χ3v) is 2.01. The van der Waals surface area contributed by atoms with Gasteiger partial charge in [-0.2, -0.15) is 13.2 Å². The first-order valence-electron chi connectivity index (χ1n) is 5.88. The van der Waals surface area contributed by atoms with Crippen LogP contribution in [0, 0.1) is 6.92 Å². The van der Waals surface area contributed by atoms with Crippen molar-refractivity contribution in [3.63, 3.8) is 0 Å². The van der Waals surface area contributed by atoms with Crippen LogP contribution in [0.15, 0.2) is 6.07 Å². The first-order chi connectivity index (χ1) is 8.90. The second-order valence-corrected chi connectivity index (χ2v) is 3.81. The third-order valence-electron chi connectivity index (χ3n) is 2.01. The highest BCUT2D eigenvalue weighted by atomic mass is 19.4. The van der Waals surface area contributed by atoms with E-state index < -0.39 is 12.8 Å². The highest BCUT2D eigenvalue weighted by Gasteiger charge is 2.27. The van der Waals surface area contributed by atoms with Crippen LogP contribution in [-0.2, 0) is 4.74 Å². The first kappa shape index (κ1) is 15.5. The number of rotatable bonds is 7. The number of hydrogen-bond donors (Lipinski definition) is 2. The van der Waals surface area contributed by atoms with Crippen LogP contribution in [0.5, 0.6) is 0 Å². The normalized spacial score (nSPS) is 11.4. The minimum atomic E-state index is -4.29. The van der Waals surface area contributed by atoms with Crippen molar-refractivity contribution in [1.82, 2.24) is 9.97 Å². The Morgan fingerprint density at radius 1 is 1.21 bits per heavy atom. The van der Waals surface area contributed by atoms with Gasteiger partial charge in [-0.15, -0.1) is 0 Å². The van der Waals surface area contributed by atoms with Crippen LogP contribution in [0.3, 0.4) is 0 Å². The zero-order valence-electron chi connectivity index (χ0n) is 10.8. The molecule has 0 aliphatic rings. The maximum Gasteiger partial charge on any atom is 0.411 e. The molecular weight excluding hydrogens is 261 g/mol. The summed E-state index contributed by atoms with van der Waals surface area (Å²) in [5.41, 5.74) is 0. The number of ether oxygens (including phenoxy) is 1. The summed E-state index contributed by atoms with van der Waals surface area (Å²) in [5.74, 6) is 1.81. The Labute approximate surface area is 109 Å². The van der Waals surface area contributed by atoms with E-state index in [-0.39, 0.29) is 13.2 Å². The lowest BCUT2D eigenvalue weighted by atomic mass is 10.4. The molecule has 1 aromatic heterocycles. The van der Waals surface area contributed by atoms with E-state index in [0.29, 0.717) is 17.5 Å². The summed E-state index contributed by atoms with van der Waals surface area (Å²) in [5, 5.41) is 5.93. The van der Waals surface area contributed by atoms with Crippen molar-refractivity contribution in [2.75, 3.05) is 36.9 Å². The van der Waals surface area contributed by atoms with Crippen molar-refractivity contribution in [2.24, 2.45) is 0 Å². The average Bonchev–Trinajstić information content (AvgIpc) is 2.26. The van der Waals surface area contributed by atoms with E-state index in [1.165, 1.54) is 0 Å². The fraction of sp³-hybridized carbons (Fsp3) is 0.636. The van der Waals surface area contributed by atoms with Crippen molar-refractivity contribution >= 4 is 11.6 Å². The zero-order valence-corrected chi connectivity index (χ0v) is 10.8. The smallest absolute Gasteiger partial charge is 0.370 e. The van der Waals surface area contributed by atoms with E-state index >= 15 is 0 Å². The molecule has 2 N–H and O–H groups in total. The quantitative estimate of drug-likeness (QED) is 0.749. The summed E-state index contributed by atoms with van der Waals surface area (Å²) >= 11 is 0. The van der Waals surface area contributed by atoms with Gasteiger partial charge in [0.1, 0.15) is 24.1 Å². The molecule has 1 heterocycles. The van der Waals surface area contributed by atoms with Crippen LogP contribution >= 0.6 is 0 Å². The highest BCUT2D eigenvalue weighted by molar-refractivity contribution is 5.47. The van der Waals surface area contributed by atoms with Gasteiger partial charge in [-0.1, -0.05) is 0 Å². The van der Waals surface area contributed by atoms with Crippen LogP contribution in [0.4, 0.5) is 24.8 Å². The van der Waals surface area contributed by atoms with Gasteiger partial charge in [-0.05, 0) is 13.8 Å². The fourth-order valence-corrected chi connectivity index (χ4v) is 1.37. The number of aromatic nitrogens is 2. The molecule has 0 spiro atoms. The summed E-state index contributed by atoms with van der Waals surface area (Å²) in [6.07, 6.45) is -4.29. The molecule has 0 unspecified atom stereocenters. The minimum Gasteiger partial charge on any atom is -0.370 e. The maximum absolute atomic E-state index is 11.8. The lowest BCUT2D eigenvalue weighted by Crippen LogP contribution is -2.20. The van der Waals surface area contributed by atoms with Crippen molar-refractivity contribution in [3.8, 4) is 0 Å². The monoisotopic (exact) mass is 278 g/mol. The Hall–Kier alpha value is -1.57. The SMILES string of the molecule is CCNc1cc(NCCOCC(F)(F)F)nc(C)n1. The van der Waals surface area contributed by atoms with E-state index in [1.807, 2.05) is 6.92 Å². The van der Waals surface area contributed by atoms with E-state index in [4.69, 9.17) is 0 Å². The van der Waals surface area contributed by atoms with Gasteiger partial charge in [0.15, 0.2) is 0 Å². The van der Waals surface area contributed by atoms with Gasteiger partial charge in [0.05, 0.1) is 6.61 Å². The molecule has 0 aliphatic carbocycles. The molecule has 0 bridgehead atoms. The standard InChI is InChI=1S/C11H17F3N4O/c1-3-15-9-6-10(18-8(2)17-9)16-4-5-19-7-11(12,13)14/h6H,3-5,7H2,1-2H3,(H2,15,16,17,18). The van der Waals surface area contributed by atoms with E-state index in [2.05, 4.69) is 25.3 Å². The zero-order chi connectivity index (χ0) is 14.3. The Morgan fingerprint density at radius 2 is 1.84 bits per heavy atom. The Bertz CT molecular complexity index is 398. The topological polar surface area (TPSA) is 59.1 Å². The molecule has 0 aromatic carbocycles. The Kier molecular flexibility index (Phi) is 5.81. The molecule has 0 atom stereocenters. The largest absolute Gasteiger partial charge is 0.411 e. The summed E-state index contributed by atoms with van der Waals surface area (Å²) < 4.78 is 39.9. The minimum absolute atomic E-state index is 0.0426. The van der Waals surface area contributed by atoms with Crippen molar-refractivity contribution in [1.29, 1.82) is 0 Å². The molecule has 19 heavy (non-hydrogen) atoms. The molecule has 0 radical (unpaired) electrons. The van der Waals surface area contributed by atoms with E-state index in [1.54, 1.807) is 13.0 Å². The number of halogens is 3. The number of anilines is 2. The second-order valence-electron chi connectivity index (χ2n) is 3.81. The lowest BCUT2D eigenvalue weighted by Gasteiger charge is -2.10. The average molecular weight is 278 g/mol. The predicted molar refractivity (Wildman–Crippen MR) is 66.3 cm³/mol. The van der Waals surface area contributed by atoms with Gasteiger partial charge in [-0.3, -0.25) is 0 Å². The van der Waals surface area contributed by atoms with Crippen LogP contribution < -0.4 is 10.6 Å². The van der Waals surface area contributed by atoms with Gasteiger partial charge in [-0.25, -0.2) is 9.97 Å². The van der Waals surface area contributed by atoms with Gasteiger partial charge in [0.2, 0.25) is 0 Å². The van der Waals surface area contributed by atoms with Crippen molar-refractivity contribution in [2.45, 2.75) is 20.0 Å². The van der Waals surface area contributed by atoms with Gasteiger partial charge in [0, 0.05) is 19.2 Å². The Balaban J connectivity index is 2.36. The summed E-state index contributed by atoms with van der Waals surface area (Å²) in [4.78, 5) is 8.28. The molecule has 1 rings (SSSR count). The maximum atomic E-state index is 11.8. The molecular formula is C11H17F3N4O. The molecule has 0 saturated heterocycles. The van der Waals surface area contributed by atoms with Crippen LogP contribution in [0.2, 0.25) is 0 Å². The van der Waals surface area contributed by atoms with Gasteiger partial charge < -0.3 is 15.4 Å². The highest BCUT2D eigenvalue weighted by Crippen LogP contribution is 2.14. The number of nitrogens with zero attached hydrogens (tertiary/aromatic N) is 2. The van der Waals surface area contributed by atoms with Crippen molar-refractivity contribution < 1.29 is 17.9 Å². The number of alkyl halides is 3. The predicted octanol–water partition coefficient (Wildman–Crippen LogP) is 2.21. The Morgan fingerprint density at radius 3 is 2.42 bits per heavy atom. The third kappa shape index (κ3) is 6.80. The number of nitrogens with one attached hydrogen (secondary N) is 2. The van der Waals surface area contributed by atoms with Crippen molar-refractivity contribution in [3.05, 3.63) is 11.9 Å². The summed E-state index contributed by atoms with van der Waals surface area (Å²) in [7, 11) is 0. The number of hydrogen-bond acceptors (Lipinski definition) is 5. The molecule has 0 aliphatic heterocycles. The molecule has 1 aromatic rings. The van der Waals surface area contributed by atoms with Crippen LogP contribution in [0.25, 0.3) is 0 Å². The van der Waals surface area contributed by atoms with Crippen LogP contribution in [0.1, 0.15) is 12.7 Å². The molecule has 0 fully saturated rings. The van der Waals surface area contributed by atoms with Gasteiger partial charge >= 0.3 is 6.18 Å². The van der Waals surface area contributed by atoms with E-state index in [0.717, 1.165) is 6.54 Å². The molecule has 0 amide bonds. The molecule has 8 heteroatoms. The first-order valence-corrected chi connectivity index (χ1v) is 5.88. The summed E-state index contributed by atoms with van der Waals surface area (Å²) in [6, 6.07) is 1.69. The fourth-order valence-electron chi connectivity index (χ4n) is 1.37. The lowest BCUT2D eigenvalue weighted by molar-refractivity contribution is -0.172. The number of aryl methyl sites for hydroxylation is 1. The molecule has 5 nitrogen and oxygen atoms in total. The van der Waals surface area contributed by atoms with E-state index in [9.17, 15) is 13.2 Å². The van der Waals surface area contributed by atoms with Crippen LogP contribution in [-0.4, -0.2) is 42.4 Å².